The van der Waals surface area contributed by atoms with Crippen LogP contribution in [0.4, 0.5) is 13.2 Å². The highest BCUT2D eigenvalue weighted by Gasteiger charge is 2.42. The molecule has 1 unspecified atom stereocenters. The van der Waals surface area contributed by atoms with E-state index in [1.807, 2.05) is 0 Å². The van der Waals surface area contributed by atoms with Gasteiger partial charge in [0.15, 0.2) is 0 Å². The van der Waals surface area contributed by atoms with Gasteiger partial charge in [-0.1, -0.05) is 12.1 Å². The Morgan fingerprint density at radius 2 is 1.89 bits per heavy atom. The molecule has 1 aromatic rings. The summed E-state index contributed by atoms with van der Waals surface area (Å²) >= 11 is 0. The van der Waals surface area contributed by atoms with Gasteiger partial charge in [-0.3, -0.25) is 4.79 Å². The van der Waals surface area contributed by atoms with Gasteiger partial charge in [0.05, 0.1) is 13.2 Å². The Balaban J connectivity index is 2.13. The van der Waals surface area contributed by atoms with Gasteiger partial charge >= 0.3 is 12.1 Å². The third-order valence-corrected chi connectivity index (χ3v) is 3.11. The van der Waals surface area contributed by atoms with Crippen LogP contribution in [0.5, 0.6) is 5.75 Å². The number of amides is 1. The number of carbonyl (C=O) groups excluding carboxylic acids is 1. The molecule has 0 heterocycles. The second kappa shape index (κ2) is 5.11. The normalized spacial score (nSPS) is 16.8. The largest absolute Gasteiger partial charge is 0.497 e. The number of methoxy groups -OCH3 is 1. The van der Waals surface area contributed by atoms with Gasteiger partial charge in [0, 0.05) is 0 Å². The molecule has 1 amide bonds. The van der Waals surface area contributed by atoms with Crippen molar-refractivity contribution in [3.8, 4) is 5.75 Å². The van der Waals surface area contributed by atoms with E-state index in [2.05, 4.69) is 5.32 Å². The molecule has 0 aliphatic heterocycles. The molecule has 0 bridgehead atoms. The quantitative estimate of drug-likeness (QED) is 0.916. The van der Waals surface area contributed by atoms with E-state index in [0.717, 1.165) is 12.8 Å². The fourth-order valence-electron chi connectivity index (χ4n) is 1.94. The summed E-state index contributed by atoms with van der Waals surface area (Å²) in [4.78, 5) is 11.0. The number of hydrogen-bond acceptors (Lipinski definition) is 2. The molecule has 6 heteroatoms. The van der Waals surface area contributed by atoms with Crippen molar-refractivity contribution in [1.82, 2.24) is 5.32 Å². The molecule has 0 spiro atoms. The second-order valence-corrected chi connectivity index (χ2v) is 4.56. The first-order chi connectivity index (χ1) is 8.91. The fourth-order valence-corrected chi connectivity index (χ4v) is 1.94. The van der Waals surface area contributed by atoms with Crippen molar-refractivity contribution in [2.75, 3.05) is 7.11 Å². The molecular formula is C13H14F3NO2. The van der Waals surface area contributed by atoms with Gasteiger partial charge in [0.1, 0.15) is 5.75 Å². The van der Waals surface area contributed by atoms with Crippen LogP contribution in [0.3, 0.4) is 0 Å². The van der Waals surface area contributed by atoms with Gasteiger partial charge in [-0.25, -0.2) is 0 Å². The maximum atomic E-state index is 12.3. The predicted molar refractivity (Wildman–Crippen MR) is 62.7 cm³/mol. The zero-order valence-corrected chi connectivity index (χ0v) is 10.3. The lowest BCUT2D eigenvalue weighted by Gasteiger charge is -2.20. The number of benzene rings is 1. The number of carbonyl (C=O) groups is 1. The third kappa shape index (κ3) is 3.39. The minimum absolute atomic E-state index is 0.0831. The Kier molecular flexibility index (Phi) is 3.68. The summed E-state index contributed by atoms with van der Waals surface area (Å²) in [7, 11) is 1.51. The monoisotopic (exact) mass is 273 g/mol. The predicted octanol–water partition coefficient (Wildman–Crippen LogP) is 2.82. The molecule has 1 aliphatic rings. The van der Waals surface area contributed by atoms with E-state index < -0.39 is 18.1 Å². The summed E-state index contributed by atoms with van der Waals surface area (Å²) in [5.74, 6) is -1.18. The Morgan fingerprint density at radius 3 is 2.32 bits per heavy atom. The summed E-state index contributed by atoms with van der Waals surface area (Å²) in [6.07, 6.45) is -3.19. The van der Waals surface area contributed by atoms with Crippen LogP contribution in [0.15, 0.2) is 24.3 Å². The number of halogens is 3. The van der Waals surface area contributed by atoms with E-state index in [0.29, 0.717) is 11.3 Å². The molecule has 2 rings (SSSR count). The number of alkyl halides is 3. The zero-order valence-electron chi connectivity index (χ0n) is 10.3. The standard InChI is InChI=1S/C13H14F3NO2/c1-19-10-6-4-9(5-7-10)11(8-2-3-8)17-12(18)13(14,15)16/h4-8,11H,2-3H2,1H3,(H,17,18). The first kappa shape index (κ1) is 13.7. The average Bonchev–Trinajstić information content (AvgIpc) is 3.19. The van der Waals surface area contributed by atoms with Gasteiger partial charge in [-0.15, -0.1) is 0 Å². The number of rotatable bonds is 4. The second-order valence-electron chi connectivity index (χ2n) is 4.56. The summed E-state index contributed by atoms with van der Waals surface area (Å²) in [6.45, 7) is 0. The van der Waals surface area contributed by atoms with Crippen LogP contribution < -0.4 is 10.1 Å². The SMILES string of the molecule is COc1ccc(C(NC(=O)C(F)(F)F)C2CC2)cc1. The Morgan fingerprint density at radius 1 is 1.32 bits per heavy atom. The Bertz CT molecular complexity index is 452. The van der Waals surface area contributed by atoms with Gasteiger partial charge in [-0.05, 0) is 36.5 Å². The van der Waals surface area contributed by atoms with Gasteiger partial charge in [0.25, 0.3) is 0 Å². The minimum atomic E-state index is -4.85. The highest BCUT2D eigenvalue weighted by atomic mass is 19.4. The number of nitrogens with one attached hydrogen (secondary N) is 1. The summed E-state index contributed by atoms with van der Waals surface area (Å²) in [5.41, 5.74) is 0.668. The van der Waals surface area contributed by atoms with Crippen LogP contribution in [0, 0.1) is 5.92 Å². The lowest BCUT2D eigenvalue weighted by Crippen LogP contribution is -2.39. The molecule has 0 aromatic heterocycles. The van der Waals surface area contributed by atoms with Crippen molar-refractivity contribution in [2.24, 2.45) is 5.92 Å². The molecule has 0 radical (unpaired) electrons. The van der Waals surface area contributed by atoms with Crippen molar-refractivity contribution >= 4 is 5.91 Å². The summed E-state index contributed by atoms with van der Waals surface area (Å²) < 4.78 is 41.9. The highest BCUT2D eigenvalue weighted by molar-refractivity contribution is 5.82. The molecule has 19 heavy (non-hydrogen) atoms. The van der Waals surface area contributed by atoms with Crippen molar-refractivity contribution in [3.63, 3.8) is 0 Å². The molecule has 1 saturated carbocycles. The maximum Gasteiger partial charge on any atom is 0.471 e. The van der Waals surface area contributed by atoms with E-state index in [4.69, 9.17) is 4.74 Å². The highest BCUT2D eigenvalue weighted by Crippen LogP contribution is 2.41. The number of ether oxygens (including phenoxy) is 1. The van der Waals surface area contributed by atoms with Crippen LogP contribution in [0.25, 0.3) is 0 Å². The molecule has 1 N–H and O–H groups in total. The molecule has 3 nitrogen and oxygen atoms in total. The first-order valence-electron chi connectivity index (χ1n) is 5.93. The van der Waals surface area contributed by atoms with Gasteiger partial charge < -0.3 is 10.1 Å². The number of hydrogen-bond donors (Lipinski definition) is 1. The van der Waals surface area contributed by atoms with Gasteiger partial charge in [0.2, 0.25) is 0 Å². The molecule has 1 aliphatic carbocycles. The lowest BCUT2D eigenvalue weighted by molar-refractivity contribution is -0.174. The van der Waals surface area contributed by atoms with Crippen LogP contribution >= 0.6 is 0 Å². The smallest absolute Gasteiger partial charge is 0.471 e. The van der Waals surface area contributed by atoms with E-state index in [1.54, 1.807) is 24.3 Å². The minimum Gasteiger partial charge on any atom is -0.497 e. The summed E-state index contributed by atoms with van der Waals surface area (Å²) in [6, 6.07) is 6.12. The van der Waals surface area contributed by atoms with E-state index >= 15 is 0 Å². The fraction of sp³-hybridized carbons (Fsp3) is 0.462. The van der Waals surface area contributed by atoms with Crippen LogP contribution in [-0.2, 0) is 4.79 Å². The first-order valence-corrected chi connectivity index (χ1v) is 5.93. The molecular weight excluding hydrogens is 259 g/mol. The van der Waals surface area contributed by atoms with Crippen LogP contribution in [0.1, 0.15) is 24.4 Å². The zero-order chi connectivity index (χ0) is 14.0. The average molecular weight is 273 g/mol. The molecule has 1 aromatic carbocycles. The third-order valence-electron chi connectivity index (χ3n) is 3.11. The molecule has 1 fully saturated rings. The van der Waals surface area contributed by atoms with E-state index in [1.165, 1.54) is 7.11 Å². The van der Waals surface area contributed by atoms with E-state index in [-0.39, 0.29) is 5.92 Å². The Labute approximate surface area is 108 Å². The molecule has 1 atom stereocenters. The van der Waals surface area contributed by atoms with Crippen LogP contribution in [-0.4, -0.2) is 19.2 Å². The van der Waals surface area contributed by atoms with Crippen molar-refractivity contribution in [1.29, 1.82) is 0 Å². The maximum absolute atomic E-state index is 12.3. The van der Waals surface area contributed by atoms with Crippen molar-refractivity contribution in [3.05, 3.63) is 29.8 Å². The van der Waals surface area contributed by atoms with Crippen LogP contribution in [0.2, 0.25) is 0 Å². The van der Waals surface area contributed by atoms with Crippen molar-refractivity contribution in [2.45, 2.75) is 25.1 Å². The van der Waals surface area contributed by atoms with Crippen molar-refractivity contribution < 1.29 is 22.7 Å². The van der Waals surface area contributed by atoms with Gasteiger partial charge in [-0.2, -0.15) is 13.2 Å². The summed E-state index contributed by atoms with van der Waals surface area (Å²) in [5, 5.41) is 2.07. The topological polar surface area (TPSA) is 38.3 Å². The molecule has 0 saturated heterocycles. The van der Waals surface area contributed by atoms with E-state index in [9.17, 15) is 18.0 Å². The molecule has 104 valence electrons. The Hall–Kier alpha value is -1.72. The lowest BCUT2D eigenvalue weighted by atomic mass is 10.0.